The Balaban J connectivity index is 1.94. The zero-order valence-electron chi connectivity index (χ0n) is 9.33. The molecule has 7 nitrogen and oxygen atoms in total. The molecule has 0 fully saturated rings. The zero-order chi connectivity index (χ0) is 12.3. The number of anilines is 2. The summed E-state index contributed by atoms with van der Waals surface area (Å²) in [6, 6.07) is 0.0965. The van der Waals surface area contributed by atoms with Crippen molar-refractivity contribution in [1.82, 2.24) is 15.0 Å². The third kappa shape index (κ3) is 3.07. The van der Waals surface area contributed by atoms with Gasteiger partial charge < -0.3 is 20.9 Å². The first-order valence-electron chi connectivity index (χ1n) is 5.05. The highest BCUT2D eigenvalue weighted by Crippen LogP contribution is 2.12. The quantitative estimate of drug-likeness (QED) is 0.773. The fraction of sp³-hybridized carbons (Fsp3) is 0.300. The fourth-order valence-electron chi connectivity index (χ4n) is 1.33. The van der Waals surface area contributed by atoms with Crippen molar-refractivity contribution in [1.29, 1.82) is 0 Å². The third-order valence-corrected chi connectivity index (χ3v) is 2.02. The van der Waals surface area contributed by atoms with Crippen molar-refractivity contribution in [3.05, 3.63) is 24.0 Å². The molecule has 0 radical (unpaired) electrons. The Morgan fingerprint density at radius 1 is 1.29 bits per heavy atom. The molecular formula is C10H13N5O2. The van der Waals surface area contributed by atoms with Crippen LogP contribution in [0.5, 0.6) is 6.01 Å². The van der Waals surface area contributed by atoms with Crippen LogP contribution in [0.25, 0.3) is 0 Å². The van der Waals surface area contributed by atoms with E-state index in [4.69, 9.17) is 20.9 Å². The van der Waals surface area contributed by atoms with E-state index in [2.05, 4.69) is 15.0 Å². The standard InChI is InChI=1S/C10H13N5O2/c1-6-3-2-4-7(17-6)5-16-10-14-8(11)13-9(12)15-10/h2-4,7H,5H2,1H3,(H4,11,12,13,14,15). The fourth-order valence-corrected chi connectivity index (χ4v) is 1.33. The van der Waals surface area contributed by atoms with Crippen LogP contribution in [0.2, 0.25) is 0 Å². The number of hydrogen-bond donors (Lipinski definition) is 2. The van der Waals surface area contributed by atoms with Gasteiger partial charge in [-0.3, -0.25) is 0 Å². The Bertz CT molecular complexity index is 452. The maximum Gasteiger partial charge on any atom is 0.323 e. The van der Waals surface area contributed by atoms with Crippen molar-refractivity contribution < 1.29 is 9.47 Å². The van der Waals surface area contributed by atoms with E-state index in [1.165, 1.54) is 0 Å². The van der Waals surface area contributed by atoms with Crippen molar-refractivity contribution >= 4 is 11.9 Å². The Hall–Kier alpha value is -2.31. The second-order valence-electron chi connectivity index (χ2n) is 3.46. The molecule has 0 spiro atoms. The summed E-state index contributed by atoms with van der Waals surface area (Å²) in [6.45, 7) is 2.15. The smallest absolute Gasteiger partial charge is 0.323 e. The molecule has 1 unspecified atom stereocenters. The van der Waals surface area contributed by atoms with Gasteiger partial charge in [-0.05, 0) is 19.1 Å². The van der Waals surface area contributed by atoms with Crippen LogP contribution in [0.3, 0.4) is 0 Å². The molecule has 0 saturated heterocycles. The molecule has 0 aliphatic carbocycles. The van der Waals surface area contributed by atoms with E-state index in [0.717, 1.165) is 5.76 Å². The second-order valence-corrected chi connectivity index (χ2v) is 3.46. The van der Waals surface area contributed by atoms with Crippen LogP contribution >= 0.6 is 0 Å². The van der Waals surface area contributed by atoms with Gasteiger partial charge in [0.15, 0.2) is 6.10 Å². The van der Waals surface area contributed by atoms with Gasteiger partial charge in [-0.15, -0.1) is 0 Å². The molecule has 2 rings (SSSR count). The molecule has 2 heterocycles. The Kier molecular flexibility index (Phi) is 3.08. The van der Waals surface area contributed by atoms with E-state index in [-0.39, 0.29) is 30.6 Å². The number of rotatable bonds is 3. The van der Waals surface area contributed by atoms with Crippen molar-refractivity contribution in [2.75, 3.05) is 18.1 Å². The lowest BCUT2D eigenvalue weighted by molar-refractivity contribution is 0.0958. The number of aromatic nitrogens is 3. The van der Waals surface area contributed by atoms with Gasteiger partial charge in [0.25, 0.3) is 0 Å². The zero-order valence-corrected chi connectivity index (χ0v) is 9.33. The number of nitrogens with two attached hydrogens (primary N) is 2. The summed E-state index contributed by atoms with van der Waals surface area (Å²) in [5, 5.41) is 0. The molecule has 17 heavy (non-hydrogen) atoms. The number of hydrogen-bond acceptors (Lipinski definition) is 7. The van der Waals surface area contributed by atoms with Crippen LogP contribution in [0, 0.1) is 0 Å². The summed E-state index contributed by atoms with van der Waals surface area (Å²) >= 11 is 0. The van der Waals surface area contributed by atoms with Crippen LogP contribution in [0.4, 0.5) is 11.9 Å². The van der Waals surface area contributed by atoms with Gasteiger partial charge in [-0.1, -0.05) is 6.08 Å². The highest BCUT2D eigenvalue weighted by molar-refractivity contribution is 5.27. The molecule has 7 heteroatoms. The summed E-state index contributed by atoms with van der Waals surface area (Å²) in [5.41, 5.74) is 10.8. The van der Waals surface area contributed by atoms with Crippen LogP contribution in [0.15, 0.2) is 24.0 Å². The Morgan fingerprint density at radius 2 is 2.00 bits per heavy atom. The minimum Gasteiger partial charge on any atom is -0.487 e. The summed E-state index contributed by atoms with van der Waals surface area (Å²) in [6.07, 6.45) is 5.48. The number of allylic oxidation sites excluding steroid dienone is 3. The highest BCUT2D eigenvalue weighted by atomic mass is 16.5. The Labute approximate surface area is 98.2 Å². The maximum atomic E-state index is 5.48. The van der Waals surface area contributed by atoms with Crippen LogP contribution in [0.1, 0.15) is 6.92 Å². The minimum atomic E-state index is -0.167. The van der Waals surface area contributed by atoms with Gasteiger partial charge in [0.2, 0.25) is 11.9 Å². The molecule has 0 amide bonds. The van der Waals surface area contributed by atoms with E-state index in [1.807, 2.05) is 25.2 Å². The average molecular weight is 235 g/mol. The van der Waals surface area contributed by atoms with Gasteiger partial charge in [-0.2, -0.15) is 15.0 Å². The molecule has 1 aliphatic heterocycles. The first-order valence-corrected chi connectivity index (χ1v) is 5.05. The molecule has 0 saturated carbocycles. The van der Waals surface area contributed by atoms with E-state index in [1.54, 1.807) is 0 Å². The summed E-state index contributed by atoms with van der Waals surface area (Å²) in [7, 11) is 0. The summed E-state index contributed by atoms with van der Waals surface area (Å²) in [5.74, 6) is 0.892. The van der Waals surface area contributed by atoms with Gasteiger partial charge >= 0.3 is 6.01 Å². The lowest BCUT2D eigenvalue weighted by Crippen LogP contribution is -2.21. The third-order valence-electron chi connectivity index (χ3n) is 2.02. The van der Waals surface area contributed by atoms with E-state index >= 15 is 0 Å². The molecule has 1 aromatic rings. The largest absolute Gasteiger partial charge is 0.487 e. The van der Waals surface area contributed by atoms with Crippen molar-refractivity contribution in [2.45, 2.75) is 13.0 Å². The monoisotopic (exact) mass is 235 g/mol. The van der Waals surface area contributed by atoms with Gasteiger partial charge in [0, 0.05) is 0 Å². The van der Waals surface area contributed by atoms with Crippen molar-refractivity contribution in [3.63, 3.8) is 0 Å². The van der Waals surface area contributed by atoms with Gasteiger partial charge in [0.05, 0.1) is 5.76 Å². The summed E-state index contributed by atoms with van der Waals surface area (Å²) < 4.78 is 10.8. The van der Waals surface area contributed by atoms with E-state index in [9.17, 15) is 0 Å². The van der Waals surface area contributed by atoms with Gasteiger partial charge in [0.1, 0.15) is 6.61 Å². The van der Waals surface area contributed by atoms with E-state index in [0.29, 0.717) is 0 Å². The first kappa shape index (κ1) is 11.2. The predicted octanol–water partition coefficient (Wildman–Crippen LogP) is 0.274. The molecule has 0 bridgehead atoms. The average Bonchev–Trinajstić information content (AvgIpc) is 2.25. The minimum absolute atomic E-state index is 0.0312. The highest BCUT2D eigenvalue weighted by Gasteiger charge is 2.12. The predicted molar refractivity (Wildman–Crippen MR) is 61.9 cm³/mol. The number of nitrogens with zero attached hydrogens (tertiary/aromatic N) is 3. The lowest BCUT2D eigenvalue weighted by atomic mass is 10.2. The molecule has 1 atom stereocenters. The van der Waals surface area contributed by atoms with Gasteiger partial charge in [-0.25, -0.2) is 0 Å². The summed E-state index contributed by atoms with van der Waals surface area (Å²) in [4.78, 5) is 11.2. The first-order chi connectivity index (χ1) is 8.13. The van der Waals surface area contributed by atoms with Crippen LogP contribution in [-0.2, 0) is 4.74 Å². The lowest BCUT2D eigenvalue weighted by Gasteiger charge is -2.18. The number of nitrogen functional groups attached to an aromatic ring is 2. The topological polar surface area (TPSA) is 109 Å². The number of ether oxygens (including phenoxy) is 2. The Morgan fingerprint density at radius 3 is 2.65 bits per heavy atom. The molecule has 1 aliphatic rings. The molecule has 90 valence electrons. The van der Waals surface area contributed by atoms with Crippen LogP contribution < -0.4 is 16.2 Å². The molecule has 0 aromatic carbocycles. The molecular weight excluding hydrogens is 222 g/mol. The molecule has 1 aromatic heterocycles. The maximum absolute atomic E-state index is 5.48. The molecule has 4 N–H and O–H groups in total. The van der Waals surface area contributed by atoms with E-state index < -0.39 is 0 Å². The SMILES string of the molecule is CC1=CC=CC(COc2nc(N)nc(N)n2)O1. The normalized spacial score (nSPS) is 18.4. The van der Waals surface area contributed by atoms with Crippen molar-refractivity contribution in [3.8, 4) is 6.01 Å². The van der Waals surface area contributed by atoms with Crippen molar-refractivity contribution in [2.24, 2.45) is 0 Å². The second kappa shape index (κ2) is 4.69. The van der Waals surface area contributed by atoms with Crippen LogP contribution in [-0.4, -0.2) is 27.7 Å².